The van der Waals surface area contributed by atoms with E-state index in [9.17, 15) is 9.59 Å². The lowest BCUT2D eigenvalue weighted by molar-refractivity contribution is -0.156. The molecule has 0 radical (unpaired) electrons. The molecule has 1 heterocycles. The second kappa shape index (κ2) is 11.8. The van der Waals surface area contributed by atoms with Gasteiger partial charge in [0.15, 0.2) is 11.8 Å². The van der Waals surface area contributed by atoms with Crippen LogP contribution in [0.1, 0.15) is 44.2 Å². The molecule has 2 aromatic rings. The molecule has 2 aromatic carbocycles. The Morgan fingerprint density at radius 1 is 1.06 bits per heavy atom. The van der Waals surface area contributed by atoms with Gasteiger partial charge in [-0.1, -0.05) is 73.7 Å². The first-order chi connectivity index (χ1) is 16.6. The van der Waals surface area contributed by atoms with E-state index in [0.29, 0.717) is 13.1 Å². The molecule has 4 rings (SSSR count). The quantitative estimate of drug-likeness (QED) is 0.515. The Hall–Kier alpha value is -3.18. The van der Waals surface area contributed by atoms with Crippen LogP contribution in [0.4, 0.5) is 5.69 Å². The van der Waals surface area contributed by atoms with Crippen molar-refractivity contribution in [3.05, 3.63) is 90.0 Å². The predicted octanol–water partition coefficient (Wildman–Crippen LogP) is 5.33. The number of hydrogen-bond donors (Lipinski definition) is 1. The molecule has 34 heavy (non-hydrogen) atoms. The first-order valence-corrected chi connectivity index (χ1v) is 12.3. The summed E-state index contributed by atoms with van der Waals surface area (Å²) in [6.45, 7) is 3.94. The van der Waals surface area contributed by atoms with Gasteiger partial charge in [0.1, 0.15) is 6.10 Å². The van der Waals surface area contributed by atoms with E-state index in [1.165, 1.54) is 0 Å². The average Bonchev–Trinajstić information content (AvgIpc) is 2.89. The Morgan fingerprint density at radius 2 is 1.79 bits per heavy atom. The van der Waals surface area contributed by atoms with Gasteiger partial charge in [-0.2, -0.15) is 0 Å². The van der Waals surface area contributed by atoms with Crippen LogP contribution in [0.25, 0.3) is 0 Å². The number of rotatable bonds is 9. The molecule has 2 aliphatic rings. The van der Waals surface area contributed by atoms with Crippen molar-refractivity contribution in [1.29, 1.82) is 0 Å². The minimum atomic E-state index is -0.601. The number of carbonyl (C=O) groups excluding carboxylic acids is 2. The van der Waals surface area contributed by atoms with E-state index in [2.05, 4.69) is 23.2 Å². The number of allylic oxidation sites excluding steroid dienone is 3. The monoisotopic (exact) mass is 458 g/mol. The second-order valence-corrected chi connectivity index (χ2v) is 9.08. The number of ether oxygens (including phenoxy) is 1. The molecular formula is C29H34N2O3. The number of piperidine rings is 1. The number of Topliss-reactive ketones (excluding diaryl/α,β-unsaturated/α-hetero) is 1. The summed E-state index contributed by atoms with van der Waals surface area (Å²) in [5.41, 5.74) is 2.53. The fraction of sp³-hybridized carbons (Fsp3) is 0.379. The van der Waals surface area contributed by atoms with Crippen molar-refractivity contribution >= 4 is 17.4 Å². The smallest absolute Gasteiger partial charge is 0.333 e. The van der Waals surface area contributed by atoms with E-state index >= 15 is 0 Å². The highest BCUT2D eigenvalue weighted by atomic mass is 16.5. The highest BCUT2D eigenvalue weighted by molar-refractivity contribution is 5.99. The van der Waals surface area contributed by atoms with Crippen molar-refractivity contribution < 1.29 is 14.3 Å². The van der Waals surface area contributed by atoms with Gasteiger partial charge in [-0.25, -0.2) is 4.79 Å². The number of nitrogens with zero attached hydrogens (tertiary/aromatic N) is 1. The number of anilines is 1. The second-order valence-electron chi connectivity index (χ2n) is 9.08. The lowest BCUT2D eigenvalue weighted by Gasteiger charge is -2.38. The number of benzene rings is 2. The molecule has 0 saturated carbocycles. The SMILES string of the molecule is CCC1CCN(CC(=O)C2=CCCC=C2)C[C@@H]1OC(=O)[C@H](Nc1ccccc1)c1ccccc1. The molecular weight excluding hydrogens is 424 g/mol. The van der Waals surface area contributed by atoms with E-state index in [-0.39, 0.29) is 23.8 Å². The normalized spacial score (nSPS) is 21.4. The molecule has 0 amide bonds. The molecule has 5 nitrogen and oxygen atoms in total. The third-order valence-electron chi connectivity index (χ3n) is 6.71. The van der Waals surface area contributed by atoms with E-state index in [4.69, 9.17) is 4.74 Å². The Bertz CT molecular complexity index is 1020. The van der Waals surface area contributed by atoms with Crippen LogP contribution in [0.2, 0.25) is 0 Å². The summed E-state index contributed by atoms with van der Waals surface area (Å²) in [6, 6.07) is 18.8. The third-order valence-corrected chi connectivity index (χ3v) is 6.71. The van der Waals surface area contributed by atoms with Gasteiger partial charge in [-0.15, -0.1) is 0 Å². The van der Waals surface area contributed by atoms with Crippen LogP contribution in [0.3, 0.4) is 0 Å². The van der Waals surface area contributed by atoms with Crippen molar-refractivity contribution in [2.75, 3.05) is 25.0 Å². The zero-order valence-electron chi connectivity index (χ0n) is 19.9. The molecule has 1 saturated heterocycles. The summed E-state index contributed by atoms with van der Waals surface area (Å²) in [4.78, 5) is 28.4. The van der Waals surface area contributed by atoms with Gasteiger partial charge in [0.25, 0.3) is 0 Å². The third kappa shape index (κ3) is 6.23. The van der Waals surface area contributed by atoms with Crippen LogP contribution in [0.5, 0.6) is 0 Å². The minimum absolute atomic E-state index is 0.142. The molecule has 1 aliphatic carbocycles. The van der Waals surface area contributed by atoms with Crippen molar-refractivity contribution in [1.82, 2.24) is 4.90 Å². The summed E-state index contributed by atoms with van der Waals surface area (Å²) in [5.74, 6) is 0.144. The fourth-order valence-corrected chi connectivity index (χ4v) is 4.73. The number of ketones is 1. The molecule has 0 spiro atoms. The van der Waals surface area contributed by atoms with Gasteiger partial charge >= 0.3 is 5.97 Å². The highest BCUT2D eigenvalue weighted by Gasteiger charge is 2.34. The zero-order valence-corrected chi connectivity index (χ0v) is 19.9. The maximum absolute atomic E-state index is 13.5. The van der Waals surface area contributed by atoms with Crippen LogP contribution >= 0.6 is 0 Å². The van der Waals surface area contributed by atoms with E-state index in [1.54, 1.807) is 0 Å². The Labute approximate surface area is 202 Å². The van der Waals surface area contributed by atoms with E-state index < -0.39 is 6.04 Å². The minimum Gasteiger partial charge on any atom is -0.459 e. The van der Waals surface area contributed by atoms with Gasteiger partial charge in [-0.3, -0.25) is 9.69 Å². The lowest BCUT2D eigenvalue weighted by atomic mass is 9.90. The van der Waals surface area contributed by atoms with Crippen molar-refractivity contribution in [2.24, 2.45) is 5.92 Å². The molecule has 1 unspecified atom stereocenters. The summed E-state index contributed by atoms with van der Waals surface area (Å²) >= 11 is 0. The number of para-hydroxylation sites is 1. The standard InChI is InChI=1S/C29H34N2O3/c1-2-22-18-19-31(20-26(32)23-12-6-3-7-13-23)21-27(22)34-29(33)28(24-14-8-4-9-15-24)30-25-16-10-5-11-17-25/h4-6,8-17,22,27-28,30H,2-3,7,18-21H2,1H3/t22?,27-,28+/m0/s1. The molecule has 3 atom stereocenters. The molecule has 178 valence electrons. The fourth-order valence-electron chi connectivity index (χ4n) is 4.73. The van der Waals surface area contributed by atoms with Gasteiger partial charge in [0, 0.05) is 17.8 Å². The number of carbonyl (C=O) groups is 2. The topological polar surface area (TPSA) is 58.6 Å². The number of hydrogen-bond acceptors (Lipinski definition) is 5. The maximum atomic E-state index is 13.5. The maximum Gasteiger partial charge on any atom is 0.333 e. The van der Waals surface area contributed by atoms with Crippen LogP contribution < -0.4 is 5.32 Å². The Kier molecular flexibility index (Phi) is 8.31. The first kappa shape index (κ1) is 24.0. The Balaban J connectivity index is 1.45. The molecule has 1 aliphatic heterocycles. The summed E-state index contributed by atoms with van der Waals surface area (Å²) in [6.07, 6.45) is 9.55. The first-order valence-electron chi connectivity index (χ1n) is 12.3. The van der Waals surface area contributed by atoms with E-state index in [0.717, 1.165) is 49.1 Å². The van der Waals surface area contributed by atoms with Crippen LogP contribution in [0.15, 0.2) is 84.5 Å². The summed E-state index contributed by atoms with van der Waals surface area (Å²) < 4.78 is 6.16. The molecule has 5 heteroatoms. The van der Waals surface area contributed by atoms with Gasteiger partial charge in [0.2, 0.25) is 0 Å². The Morgan fingerprint density at radius 3 is 2.47 bits per heavy atom. The van der Waals surface area contributed by atoms with Crippen LogP contribution in [-0.4, -0.2) is 42.4 Å². The molecule has 1 fully saturated rings. The number of likely N-dealkylation sites (tertiary alicyclic amines) is 1. The van der Waals surface area contributed by atoms with Gasteiger partial charge in [0.05, 0.1) is 6.54 Å². The predicted molar refractivity (Wildman–Crippen MR) is 135 cm³/mol. The number of nitrogens with one attached hydrogen (secondary N) is 1. The summed E-state index contributed by atoms with van der Waals surface area (Å²) in [5, 5.41) is 3.35. The summed E-state index contributed by atoms with van der Waals surface area (Å²) in [7, 11) is 0. The molecule has 0 bridgehead atoms. The van der Waals surface area contributed by atoms with E-state index in [1.807, 2.05) is 72.8 Å². The van der Waals surface area contributed by atoms with Gasteiger partial charge < -0.3 is 10.1 Å². The van der Waals surface area contributed by atoms with Crippen molar-refractivity contribution in [2.45, 2.75) is 44.8 Å². The highest BCUT2D eigenvalue weighted by Crippen LogP contribution is 2.27. The van der Waals surface area contributed by atoms with Crippen LogP contribution in [-0.2, 0) is 14.3 Å². The average molecular weight is 459 g/mol. The van der Waals surface area contributed by atoms with Crippen molar-refractivity contribution in [3.8, 4) is 0 Å². The zero-order chi connectivity index (χ0) is 23.8. The molecule has 0 aromatic heterocycles. The largest absolute Gasteiger partial charge is 0.459 e. The molecule has 1 N–H and O–H groups in total. The number of esters is 1. The van der Waals surface area contributed by atoms with Crippen LogP contribution in [0, 0.1) is 5.92 Å². The van der Waals surface area contributed by atoms with Gasteiger partial charge in [-0.05, 0) is 55.8 Å². The van der Waals surface area contributed by atoms with Crippen molar-refractivity contribution in [3.63, 3.8) is 0 Å². The lowest BCUT2D eigenvalue weighted by Crippen LogP contribution is -2.48.